The van der Waals surface area contributed by atoms with Crippen molar-refractivity contribution in [3.63, 3.8) is 0 Å². The molecule has 2 aliphatic carbocycles. The van der Waals surface area contributed by atoms with Gasteiger partial charge in [-0.15, -0.1) is 11.3 Å². The molecule has 6 nitrogen and oxygen atoms in total. The van der Waals surface area contributed by atoms with Crippen LogP contribution >= 0.6 is 11.3 Å². The molecule has 0 amide bonds. The molecule has 0 spiro atoms. The maximum Gasteiger partial charge on any atom is 0.270 e. The molecule has 0 saturated heterocycles. The fourth-order valence-electron chi connectivity index (χ4n) is 4.89. The number of hydrogen-bond acceptors (Lipinski definition) is 5. The van der Waals surface area contributed by atoms with Gasteiger partial charge in [-0.25, -0.2) is 4.68 Å². The second kappa shape index (κ2) is 9.69. The highest BCUT2D eigenvalue weighted by Crippen LogP contribution is 2.37. The molecule has 1 aromatic heterocycles. The maximum absolute atomic E-state index is 11.3. The number of thiazole rings is 1. The summed E-state index contributed by atoms with van der Waals surface area (Å²) in [6.07, 6.45) is 10.4. The Bertz CT molecular complexity index is 1040. The van der Waals surface area contributed by atoms with E-state index in [4.69, 9.17) is 10.1 Å². The average molecular weight is 455 g/mol. The Kier molecular flexibility index (Phi) is 6.93. The van der Waals surface area contributed by atoms with Gasteiger partial charge < -0.3 is 0 Å². The van der Waals surface area contributed by atoms with Gasteiger partial charge in [-0.2, -0.15) is 5.10 Å². The molecule has 2 saturated carbocycles. The first kappa shape index (κ1) is 22.9. The molecule has 32 heavy (non-hydrogen) atoms. The maximum atomic E-state index is 11.3. The predicted octanol–water partition coefficient (Wildman–Crippen LogP) is 6.80. The van der Waals surface area contributed by atoms with Gasteiger partial charge in [-0.05, 0) is 49.9 Å². The monoisotopic (exact) mass is 454 g/mol. The smallest absolute Gasteiger partial charge is 0.258 e. The number of aromatic nitrogens is 1. The van der Waals surface area contributed by atoms with E-state index in [2.05, 4.69) is 20.8 Å². The molecule has 0 atom stereocenters. The number of nitrogens with zero attached hydrogens (tertiary/aromatic N) is 4. The highest BCUT2D eigenvalue weighted by atomic mass is 32.1. The van der Waals surface area contributed by atoms with Crippen molar-refractivity contribution in [2.45, 2.75) is 84.6 Å². The molecule has 2 aromatic rings. The molecule has 0 unspecified atom stereocenters. The Morgan fingerprint density at radius 3 is 2.47 bits per heavy atom. The molecule has 0 aliphatic heterocycles. The molecule has 2 aliphatic rings. The lowest BCUT2D eigenvalue weighted by atomic mass is 9.72. The number of benzene rings is 1. The highest BCUT2D eigenvalue weighted by Gasteiger charge is 2.28. The summed E-state index contributed by atoms with van der Waals surface area (Å²) < 4.78 is 1.96. The zero-order valence-electron chi connectivity index (χ0n) is 19.4. The Hall–Kier alpha value is -2.28. The standard InChI is InChI=1S/C25H34N4O2S/c1-25(2,3)19-12-14-21(15-13-19)27-28-23(18-8-7-11-22(16-18)29(30)31)17-32-24(28)26-20-9-5-4-6-10-20/h7-8,11,16-17,19-20H,4-6,9-10,12-15H2,1-3H3. The van der Waals surface area contributed by atoms with Crippen molar-refractivity contribution >= 4 is 22.7 Å². The largest absolute Gasteiger partial charge is 0.270 e. The lowest BCUT2D eigenvalue weighted by Gasteiger charge is -2.34. The quantitative estimate of drug-likeness (QED) is 0.376. The van der Waals surface area contributed by atoms with E-state index in [0.717, 1.165) is 60.5 Å². The molecule has 1 aromatic carbocycles. The third kappa shape index (κ3) is 5.37. The van der Waals surface area contributed by atoms with E-state index < -0.39 is 0 Å². The van der Waals surface area contributed by atoms with Crippen molar-refractivity contribution < 1.29 is 4.92 Å². The number of non-ortho nitro benzene ring substituents is 1. The molecule has 0 bridgehead atoms. The number of rotatable bonds is 4. The van der Waals surface area contributed by atoms with Gasteiger partial charge in [0.15, 0.2) is 0 Å². The van der Waals surface area contributed by atoms with Gasteiger partial charge in [0.25, 0.3) is 5.69 Å². The van der Waals surface area contributed by atoms with Crippen LogP contribution in [0, 0.1) is 21.4 Å². The van der Waals surface area contributed by atoms with E-state index in [0.29, 0.717) is 11.5 Å². The topological polar surface area (TPSA) is 72.8 Å². The second-order valence-electron chi connectivity index (χ2n) is 10.3. The van der Waals surface area contributed by atoms with Crippen molar-refractivity contribution in [3.05, 3.63) is 44.6 Å². The Labute approximate surface area is 194 Å². The molecule has 7 heteroatoms. The normalized spacial score (nSPS) is 21.0. The minimum atomic E-state index is -0.340. The predicted molar refractivity (Wildman–Crippen MR) is 131 cm³/mol. The summed E-state index contributed by atoms with van der Waals surface area (Å²) in [7, 11) is 0. The number of nitro benzene ring substituents is 1. The zero-order valence-corrected chi connectivity index (χ0v) is 20.2. The van der Waals surface area contributed by atoms with Crippen LogP contribution in [0.3, 0.4) is 0 Å². The van der Waals surface area contributed by atoms with E-state index in [9.17, 15) is 10.1 Å². The van der Waals surface area contributed by atoms with Crippen LogP contribution in [0.4, 0.5) is 5.69 Å². The third-order valence-electron chi connectivity index (χ3n) is 6.93. The van der Waals surface area contributed by atoms with Crippen molar-refractivity contribution in [1.82, 2.24) is 4.68 Å². The summed E-state index contributed by atoms with van der Waals surface area (Å²) in [6.45, 7) is 6.99. The molecule has 172 valence electrons. The minimum absolute atomic E-state index is 0.101. The Morgan fingerprint density at radius 1 is 1.09 bits per heavy atom. The summed E-state index contributed by atoms with van der Waals surface area (Å²) >= 11 is 1.59. The molecular formula is C25H34N4O2S. The van der Waals surface area contributed by atoms with Gasteiger partial charge in [0.05, 0.1) is 16.7 Å². The van der Waals surface area contributed by atoms with Gasteiger partial charge in [-0.1, -0.05) is 52.2 Å². The third-order valence-corrected chi connectivity index (χ3v) is 7.76. The van der Waals surface area contributed by atoms with Gasteiger partial charge in [0.1, 0.15) is 0 Å². The first-order chi connectivity index (χ1) is 15.3. The van der Waals surface area contributed by atoms with E-state index in [1.807, 2.05) is 16.1 Å². The van der Waals surface area contributed by atoms with Crippen LogP contribution in [0.15, 0.2) is 39.7 Å². The molecule has 0 radical (unpaired) electrons. The first-order valence-corrected chi connectivity index (χ1v) is 12.7. The van der Waals surface area contributed by atoms with Crippen LogP contribution in [-0.2, 0) is 0 Å². The Morgan fingerprint density at radius 2 is 1.81 bits per heavy atom. The molecule has 2 fully saturated rings. The second-order valence-corrected chi connectivity index (χ2v) is 11.1. The van der Waals surface area contributed by atoms with Gasteiger partial charge in [0.2, 0.25) is 4.80 Å². The van der Waals surface area contributed by atoms with Crippen molar-refractivity contribution in [1.29, 1.82) is 0 Å². The fourth-order valence-corrected chi connectivity index (χ4v) is 5.79. The highest BCUT2D eigenvalue weighted by molar-refractivity contribution is 7.07. The van der Waals surface area contributed by atoms with Crippen LogP contribution < -0.4 is 4.80 Å². The van der Waals surface area contributed by atoms with Crippen molar-refractivity contribution in [2.75, 3.05) is 0 Å². The van der Waals surface area contributed by atoms with Gasteiger partial charge >= 0.3 is 0 Å². The van der Waals surface area contributed by atoms with E-state index in [1.165, 1.54) is 31.0 Å². The average Bonchev–Trinajstić information content (AvgIpc) is 3.16. The van der Waals surface area contributed by atoms with E-state index in [-0.39, 0.29) is 10.6 Å². The minimum Gasteiger partial charge on any atom is -0.258 e. The summed E-state index contributed by atoms with van der Waals surface area (Å²) in [5.41, 5.74) is 3.34. The van der Waals surface area contributed by atoms with E-state index >= 15 is 0 Å². The summed E-state index contributed by atoms with van der Waals surface area (Å²) in [5, 5.41) is 18.5. The summed E-state index contributed by atoms with van der Waals surface area (Å²) in [4.78, 5) is 17.0. The molecular weight excluding hydrogens is 420 g/mol. The van der Waals surface area contributed by atoms with Crippen LogP contribution in [0.1, 0.15) is 78.6 Å². The fraction of sp³-hybridized carbons (Fsp3) is 0.600. The molecule has 0 N–H and O–H groups in total. The van der Waals surface area contributed by atoms with Crippen molar-refractivity contribution in [2.24, 2.45) is 21.4 Å². The van der Waals surface area contributed by atoms with Crippen molar-refractivity contribution in [3.8, 4) is 11.3 Å². The summed E-state index contributed by atoms with van der Waals surface area (Å²) in [5.74, 6) is 0.719. The summed E-state index contributed by atoms with van der Waals surface area (Å²) in [6, 6.07) is 7.19. The SMILES string of the molecule is CC(C)(C)C1CCC(=Nn2c(-c3cccc([N+](=O)[O-])c3)csc2=NC2CCCCC2)CC1. The molecule has 4 rings (SSSR count). The van der Waals surface area contributed by atoms with Crippen LogP contribution in [0.5, 0.6) is 0 Å². The van der Waals surface area contributed by atoms with Gasteiger partial charge in [-0.3, -0.25) is 15.1 Å². The first-order valence-electron chi connectivity index (χ1n) is 11.9. The lowest BCUT2D eigenvalue weighted by molar-refractivity contribution is -0.384. The van der Waals surface area contributed by atoms with Crippen LogP contribution in [0.2, 0.25) is 0 Å². The zero-order chi connectivity index (χ0) is 22.7. The number of nitro groups is 1. The number of hydrogen-bond donors (Lipinski definition) is 0. The van der Waals surface area contributed by atoms with E-state index in [1.54, 1.807) is 23.5 Å². The lowest BCUT2D eigenvalue weighted by Crippen LogP contribution is -2.27. The van der Waals surface area contributed by atoms with Crippen LogP contribution in [0.25, 0.3) is 11.3 Å². The van der Waals surface area contributed by atoms with Crippen LogP contribution in [-0.4, -0.2) is 21.4 Å². The van der Waals surface area contributed by atoms with Gasteiger partial charge in [0, 0.05) is 28.8 Å². The Balaban J connectivity index is 1.71. The molecule has 1 heterocycles.